The number of rotatable bonds is 7. The Labute approximate surface area is 131 Å². The average molecular weight is 296 g/mol. The van der Waals surface area contributed by atoms with Crippen LogP contribution in [0.4, 0.5) is 0 Å². The lowest BCUT2D eigenvalue weighted by atomic mass is 10.1. The Kier molecular flexibility index (Phi) is 5.81. The first-order valence-corrected chi connectivity index (χ1v) is 7.26. The van der Waals surface area contributed by atoms with Crippen LogP contribution in [-0.2, 0) is 13.1 Å². The summed E-state index contributed by atoms with van der Waals surface area (Å²) in [6, 6.07) is 15.7. The second-order valence-corrected chi connectivity index (χ2v) is 4.83. The second-order valence-electron chi connectivity index (χ2n) is 4.83. The molecule has 0 saturated heterocycles. The lowest BCUT2D eigenvalue weighted by Crippen LogP contribution is -2.12. The van der Waals surface area contributed by atoms with Crippen molar-refractivity contribution in [2.24, 2.45) is 0 Å². The molecule has 22 heavy (non-hydrogen) atoms. The number of nitrogens with one attached hydrogen (secondary N) is 1. The number of hydrogen-bond donors (Lipinski definition) is 1. The van der Waals surface area contributed by atoms with E-state index >= 15 is 0 Å². The van der Waals surface area contributed by atoms with Gasteiger partial charge < -0.3 is 14.8 Å². The first kappa shape index (κ1) is 15.9. The molecule has 4 heteroatoms. The van der Waals surface area contributed by atoms with E-state index in [9.17, 15) is 0 Å². The predicted octanol–water partition coefficient (Wildman–Crippen LogP) is 3.26. The van der Waals surface area contributed by atoms with E-state index in [4.69, 9.17) is 14.7 Å². The van der Waals surface area contributed by atoms with Gasteiger partial charge in [-0.3, -0.25) is 0 Å². The third-order valence-corrected chi connectivity index (χ3v) is 3.24. The summed E-state index contributed by atoms with van der Waals surface area (Å²) in [5.74, 6) is 1.50. The molecule has 0 aromatic heterocycles. The number of nitrogens with zero attached hydrogens (tertiary/aromatic N) is 1. The zero-order valence-electron chi connectivity index (χ0n) is 12.9. The molecule has 1 N–H and O–H groups in total. The van der Waals surface area contributed by atoms with Gasteiger partial charge in [-0.1, -0.05) is 18.2 Å². The van der Waals surface area contributed by atoms with Crippen molar-refractivity contribution >= 4 is 0 Å². The summed E-state index contributed by atoms with van der Waals surface area (Å²) in [4.78, 5) is 0. The fraction of sp³-hybridized carbons (Fsp3) is 0.278. The van der Waals surface area contributed by atoms with Crippen LogP contribution in [0.3, 0.4) is 0 Å². The van der Waals surface area contributed by atoms with Gasteiger partial charge in [-0.25, -0.2) is 0 Å². The molecule has 2 rings (SSSR count). The first-order valence-electron chi connectivity index (χ1n) is 7.26. The van der Waals surface area contributed by atoms with Crippen molar-refractivity contribution in [2.45, 2.75) is 20.0 Å². The maximum atomic E-state index is 8.90. The van der Waals surface area contributed by atoms with E-state index in [-0.39, 0.29) is 0 Å². The van der Waals surface area contributed by atoms with Crippen LogP contribution in [0.1, 0.15) is 23.6 Å². The minimum atomic E-state index is 0.614. The van der Waals surface area contributed by atoms with Gasteiger partial charge >= 0.3 is 0 Å². The number of methoxy groups -OCH3 is 1. The minimum absolute atomic E-state index is 0.614. The highest BCUT2D eigenvalue weighted by Gasteiger charge is 2.05. The zero-order valence-corrected chi connectivity index (χ0v) is 12.9. The third kappa shape index (κ3) is 4.24. The maximum Gasteiger partial charge on any atom is 0.161 e. The molecule has 0 aliphatic heterocycles. The normalized spacial score (nSPS) is 10.0. The predicted molar refractivity (Wildman–Crippen MR) is 85.9 cm³/mol. The molecular formula is C18H20N2O2. The van der Waals surface area contributed by atoms with Crippen LogP contribution < -0.4 is 14.8 Å². The van der Waals surface area contributed by atoms with Gasteiger partial charge in [0.15, 0.2) is 11.5 Å². The highest BCUT2D eigenvalue weighted by molar-refractivity contribution is 5.43. The van der Waals surface area contributed by atoms with Crippen molar-refractivity contribution in [3.05, 3.63) is 59.2 Å². The maximum absolute atomic E-state index is 8.90. The van der Waals surface area contributed by atoms with Crippen LogP contribution in [0.5, 0.6) is 11.5 Å². The van der Waals surface area contributed by atoms with Crippen LogP contribution in [0.25, 0.3) is 0 Å². The molecule has 4 nitrogen and oxygen atoms in total. The third-order valence-electron chi connectivity index (χ3n) is 3.24. The van der Waals surface area contributed by atoms with Crippen molar-refractivity contribution < 1.29 is 9.47 Å². The Bertz CT molecular complexity index is 662. The quantitative estimate of drug-likeness (QED) is 0.852. The van der Waals surface area contributed by atoms with Crippen LogP contribution in [0, 0.1) is 11.3 Å². The molecule has 0 aliphatic rings. The fourth-order valence-electron chi connectivity index (χ4n) is 2.20. The average Bonchev–Trinajstić information content (AvgIpc) is 2.56. The Hall–Kier alpha value is -2.51. The van der Waals surface area contributed by atoms with Gasteiger partial charge in [0.1, 0.15) is 0 Å². The van der Waals surface area contributed by atoms with E-state index in [1.165, 1.54) is 0 Å². The molecule has 2 aromatic rings. The van der Waals surface area contributed by atoms with E-state index in [1.54, 1.807) is 13.2 Å². The Morgan fingerprint density at radius 1 is 1.05 bits per heavy atom. The smallest absolute Gasteiger partial charge is 0.161 e. The summed E-state index contributed by atoms with van der Waals surface area (Å²) in [6.45, 7) is 4.00. The Balaban J connectivity index is 1.95. The lowest BCUT2D eigenvalue weighted by molar-refractivity contribution is 0.310. The summed E-state index contributed by atoms with van der Waals surface area (Å²) < 4.78 is 10.9. The van der Waals surface area contributed by atoms with Gasteiger partial charge in [0, 0.05) is 13.1 Å². The van der Waals surface area contributed by atoms with E-state index in [1.807, 2.05) is 43.3 Å². The largest absolute Gasteiger partial charge is 0.493 e. The molecule has 0 aliphatic carbocycles. The topological polar surface area (TPSA) is 54.3 Å². The van der Waals surface area contributed by atoms with Crippen molar-refractivity contribution in [3.63, 3.8) is 0 Å². The molecule has 0 spiro atoms. The molecule has 0 unspecified atom stereocenters. The van der Waals surface area contributed by atoms with E-state index < -0.39 is 0 Å². The van der Waals surface area contributed by atoms with Gasteiger partial charge in [-0.2, -0.15) is 5.26 Å². The van der Waals surface area contributed by atoms with Gasteiger partial charge in [0.25, 0.3) is 0 Å². The highest BCUT2D eigenvalue weighted by Crippen LogP contribution is 2.27. The fourth-order valence-corrected chi connectivity index (χ4v) is 2.20. The van der Waals surface area contributed by atoms with Gasteiger partial charge in [-0.05, 0) is 42.3 Å². The number of nitriles is 1. The minimum Gasteiger partial charge on any atom is -0.493 e. The molecular weight excluding hydrogens is 276 g/mol. The molecule has 0 atom stereocenters. The van der Waals surface area contributed by atoms with Crippen LogP contribution in [-0.4, -0.2) is 13.7 Å². The summed E-state index contributed by atoms with van der Waals surface area (Å²) in [5, 5.41) is 12.3. The number of ether oxygens (including phenoxy) is 2. The van der Waals surface area contributed by atoms with Crippen molar-refractivity contribution in [1.82, 2.24) is 5.32 Å². The highest BCUT2D eigenvalue weighted by atomic mass is 16.5. The van der Waals surface area contributed by atoms with E-state index in [2.05, 4.69) is 11.4 Å². The Morgan fingerprint density at radius 2 is 1.82 bits per heavy atom. The van der Waals surface area contributed by atoms with E-state index in [0.717, 1.165) is 29.2 Å². The van der Waals surface area contributed by atoms with Crippen molar-refractivity contribution in [3.8, 4) is 17.6 Å². The van der Waals surface area contributed by atoms with E-state index in [0.29, 0.717) is 18.7 Å². The molecule has 0 amide bonds. The zero-order chi connectivity index (χ0) is 15.8. The van der Waals surface area contributed by atoms with Gasteiger partial charge in [0.2, 0.25) is 0 Å². The Morgan fingerprint density at radius 3 is 2.50 bits per heavy atom. The van der Waals surface area contributed by atoms with Crippen LogP contribution in [0.15, 0.2) is 42.5 Å². The monoisotopic (exact) mass is 296 g/mol. The summed E-state index contributed by atoms with van der Waals surface area (Å²) in [6.07, 6.45) is 0. The number of hydrogen-bond acceptors (Lipinski definition) is 4. The molecule has 0 heterocycles. The van der Waals surface area contributed by atoms with Crippen molar-refractivity contribution in [1.29, 1.82) is 5.26 Å². The van der Waals surface area contributed by atoms with Gasteiger partial charge in [-0.15, -0.1) is 0 Å². The molecule has 2 aromatic carbocycles. The molecule has 0 bridgehead atoms. The standard InChI is InChI=1S/C18H20N2O2/c1-3-22-17-8-7-16(10-18(17)21-2)13-20-12-15-6-4-5-14(9-15)11-19/h4-10,20H,3,12-13H2,1-2H3. The summed E-state index contributed by atoms with van der Waals surface area (Å²) >= 11 is 0. The molecule has 0 saturated carbocycles. The molecule has 0 radical (unpaired) electrons. The molecule has 114 valence electrons. The molecule has 0 fully saturated rings. The first-order chi connectivity index (χ1) is 10.8. The number of benzene rings is 2. The SMILES string of the molecule is CCOc1ccc(CNCc2cccc(C#N)c2)cc1OC. The van der Waals surface area contributed by atoms with Gasteiger partial charge in [0.05, 0.1) is 25.3 Å². The van der Waals surface area contributed by atoms with Crippen LogP contribution in [0.2, 0.25) is 0 Å². The lowest BCUT2D eigenvalue weighted by Gasteiger charge is -2.11. The van der Waals surface area contributed by atoms with Crippen molar-refractivity contribution in [2.75, 3.05) is 13.7 Å². The summed E-state index contributed by atoms with van der Waals surface area (Å²) in [7, 11) is 1.64. The van der Waals surface area contributed by atoms with Crippen LogP contribution >= 0.6 is 0 Å². The second kappa shape index (κ2) is 8.06. The summed E-state index contributed by atoms with van der Waals surface area (Å²) in [5.41, 5.74) is 2.90.